The van der Waals surface area contributed by atoms with Gasteiger partial charge < -0.3 is 5.32 Å². The van der Waals surface area contributed by atoms with Crippen LogP contribution in [-0.4, -0.2) is 43.9 Å². The lowest BCUT2D eigenvalue weighted by molar-refractivity contribution is 0.274. The summed E-state index contributed by atoms with van der Waals surface area (Å²) in [5.41, 5.74) is 0.698. The molecule has 1 aliphatic rings. The summed E-state index contributed by atoms with van der Waals surface area (Å²) in [7, 11) is -1.84. The molecule has 0 unspecified atom stereocenters. The third-order valence-electron chi connectivity index (χ3n) is 3.54. The highest BCUT2D eigenvalue weighted by atomic mass is 35.5. The van der Waals surface area contributed by atoms with Crippen LogP contribution in [0.15, 0.2) is 41.4 Å². The van der Waals surface area contributed by atoms with E-state index in [9.17, 15) is 8.42 Å². The SMILES string of the molecule is CN(C1CNC1)S(=O)(=O)c1cccc2ncccc12.Cl. The number of fused-ring (bicyclic) bond motifs is 1. The molecule has 3 rings (SSSR count). The summed E-state index contributed by atoms with van der Waals surface area (Å²) in [5.74, 6) is 0. The van der Waals surface area contributed by atoms with Crippen molar-refractivity contribution in [1.29, 1.82) is 0 Å². The average molecular weight is 314 g/mol. The largest absolute Gasteiger partial charge is 0.313 e. The second kappa shape index (κ2) is 5.65. The lowest BCUT2D eigenvalue weighted by atomic mass is 10.2. The monoisotopic (exact) mass is 313 g/mol. The van der Waals surface area contributed by atoms with E-state index in [2.05, 4.69) is 10.3 Å². The lowest BCUT2D eigenvalue weighted by Gasteiger charge is -2.34. The number of hydrogen-bond donors (Lipinski definition) is 1. The third kappa shape index (κ3) is 2.40. The number of aromatic nitrogens is 1. The van der Waals surface area contributed by atoms with Crippen LogP contribution in [0.2, 0.25) is 0 Å². The van der Waals surface area contributed by atoms with E-state index < -0.39 is 10.0 Å². The normalized spacial score (nSPS) is 15.9. The summed E-state index contributed by atoms with van der Waals surface area (Å²) in [5, 5.41) is 3.75. The fourth-order valence-electron chi connectivity index (χ4n) is 2.18. The molecule has 1 aromatic heterocycles. The van der Waals surface area contributed by atoms with Crippen molar-refractivity contribution in [3.63, 3.8) is 0 Å². The standard InChI is InChI=1S/C13H15N3O2S.ClH/c1-16(10-8-14-9-10)19(17,18)13-6-2-5-12-11(13)4-3-7-15-12;/h2-7,10,14H,8-9H2,1H3;1H. The van der Waals surface area contributed by atoms with E-state index in [0.717, 1.165) is 0 Å². The van der Waals surface area contributed by atoms with Gasteiger partial charge in [-0.05, 0) is 24.3 Å². The van der Waals surface area contributed by atoms with Crippen LogP contribution in [-0.2, 0) is 10.0 Å². The van der Waals surface area contributed by atoms with Gasteiger partial charge in [-0.15, -0.1) is 12.4 Å². The number of nitrogens with zero attached hydrogens (tertiary/aromatic N) is 2. The van der Waals surface area contributed by atoms with Crippen molar-refractivity contribution < 1.29 is 8.42 Å². The van der Waals surface area contributed by atoms with Crippen molar-refractivity contribution in [2.75, 3.05) is 20.1 Å². The quantitative estimate of drug-likeness (QED) is 0.926. The van der Waals surface area contributed by atoms with Crippen LogP contribution in [0.3, 0.4) is 0 Å². The van der Waals surface area contributed by atoms with E-state index in [1.807, 2.05) is 6.07 Å². The number of sulfonamides is 1. The molecule has 0 atom stereocenters. The maximum absolute atomic E-state index is 12.7. The number of rotatable bonds is 3. The van der Waals surface area contributed by atoms with Gasteiger partial charge in [0.25, 0.3) is 0 Å². The zero-order valence-electron chi connectivity index (χ0n) is 11.0. The van der Waals surface area contributed by atoms with Gasteiger partial charge in [0, 0.05) is 37.8 Å². The minimum Gasteiger partial charge on any atom is -0.313 e. The van der Waals surface area contributed by atoms with Crippen LogP contribution in [0, 0.1) is 0 Å². The fourth-order valence-corrected chi connectivity index (χ4v) is 3.73. The Morgan fingerprint density at radius 1 is 1.25 bits per heavy atom. The molecule has 0 amide bonds. The molecule has 1 N–H and O–H groups in total. The Labute approximate surface area is 124 Å². The second-order valence-corrected chi connectivity index (χ2v) is 6.63. The maximum atomic E-state index is 12.7. The Kier molecular flexibility index (Phi) is 4.29. The van der Waals surface area contributed by atoms with Crippen LogP contribution in [0.25, 0.3) is 10.9 Å². The molecule has 1 fully saturated rings. The molecule has 1 aromatic carbocycles. The van der Waals surface area contributed by atoms with Crippen LogP contribution < -0.4 is 5.32 Å². The summed E-state index contributed by atoms with van der Waals surface area (Å²) in [6.07, 6.45) is 1.66. The molecule has 1 saturated heterocycles. The third-order valence-corrected chi connectivity index (χ3v) is 5.51. The van der Waals surface area contributed by atoms with Crippen molar-refractivity contribution in [2.45, 2.75) is 10.9 Å². The first-order valence-corrected chi connectivity index (χ1v) is 7.57. The first-order valence-electron chi connectivity index (χ1n) is 6.13. The molecule has 2 aromatic rings. The van der Waals surface area contributed by atoms with Gasteiger partial charge in [-0.1, -0.05) is 6.07 Å². The van der Waals surface area contributed by atoms with Gasteiger partial charge in [-0.25, -0.2) is 8.42 Å². The Bertz CT molecular complexity index is 711. The van der Waals surface area contributed by atoms with Gasteiger partial charge >= 0.3 is 0 Å². The number of hydrogen-bond acceptors (Lipinski definition) is 4. The van der Waals surface area contributed by atoms with Gasteiger partial charge in [-0.2, -0.15) is 4.31 Å². The average Bonchev–Trinajstić information content (AvgIpc) is 2.36. The smallest absolute Gasteiger partial charge is 0.243 e. The second-order valence-electron chi connectivity index (χ2n) is 4.66. The van der Waals surface area contributed by atoms with Gasteiger partial charge in [0.2, 0.25) is 10.0 Å². The van der Waals surface area contributed by atoms with E-state index in [1.54, 1.807) is 37.5 Å². The first-order chi connectivity index (χ1) is 9.10. The molecular formula is C13H16ClN3O2S. The molecule has 5 nitrogen and oxygen atoms in total. The van der Waals surface area contributed by atoms with E-state index in [0.29, 0.717) is 28.9 Å². The zero-order valence-corrected chi connectivity index (χ0v) is 12.6. The molecule has 2 heterocycles. The van der Waals surface area contributed by atoms with Crippen LogP contribution in [0.5, 0.6) is 0 Å². The number of nitrogens with one attached hydrogen (secondary N) is 1. The predicted octanol–water partition coefficient (Wildman–Crippen LogP) is 1.25. The Morgan fingerprint density at radius 2 is 2.00 bits per heavy atom. The molecule has 0 radical (unpaired) electrons. The van der Waals surface area contributed by atoms with Crippen LogP contribution in [0.1, 0.15) is 0 Å². The van der Waals surface area contributed by atoms with Crippen LogP contribution in [0.4, 0.5) is 0 Å². The van der Waals surface area contributed by atoms with Crippen molar-refractivity contribution in [1.82, 2.24) is 14.6 Å². The minimum absolute atomic E-state index is 0. The summed E-state index contributed by atoms with van der Waals surface area (Å²) in [6.45, 7) is 1.41. The van der Waals surface area contributed by atoms with Gasteiger partial charge in [0.15, 0.2) is 0 Å². The van der Waals surface area contributed by atoms with Crippen molar-refractivity contribution >= 4 is 33.3 Å². The molecule has 108 valence electrons. The van der Waals surface area contributed by atoms with E-state index in [-0.39, 0.29) is 18.4 Å². The zero-order chi connectivity index (χ0) is 13.5. The molecular weight excluding hydrogens is 298 g/mol. The summed E-state index contributed by atoms with van der Waals surface area (Å²) < 4.78 is 26.8. The summed E-state index contributed by atoms with van der Waals surface area (Å²) in [4.78, 5) is 4.52. The van der Waals surface area contributed by atoms with Gasteiger partial charge in [-0.3, -0.25) is 4.98 Å². The van der Waals surface area contributed by atoms with E-state index >= 15 is 0 Å². The molecule has 0 bridgehead atoms. The van der Waals surface area contributed by atoms with E-state index in [1.165, 1.54) is 4.31 Å². The Balaban J connectivity index is 0.00000147. The fraction of sp³-hybridized carbons (Fsp3) is 0.308. The van der Waals surface area contributed by atoms with Crippen LogP contribution >= 0.6 is 12.4 Å². The minimum atomic E-state index is -3.47. The Hall–Kier alpha value is -1.21. The van der Waals surface area contributed by atoms with Crippen molar-refractivity contribution in [3.05, 3.63) is 36.5 Å². The highest BCUT2D eigenvalue weighted by Gasteiger charge is 2.32. The summed E-state index contributed by atoms with van der Waals surface area (Å²) >= 11 is 0. The molecule has 0 aliphatic carbocycles. The maximum Gasteiger partial charge on any atom is 0.243 e. The molecule has 20 heavy (non-hydrogen) atoms. The highest BCUT2D eigenvalue weighted by molar-refractivity contribution is 7.89. The number of likely N-dealkylation sites (N-methyl/N-ethyl adjacent to an activating group) is 1. The first kappa shape index (κ1) is 15.2. The van der Waals surface area contributed by atoms with Gasteiger partial charge in [0.05, 0.1) is 10.4 Å². The van der Waals surface area contributed by atoms with Gasteiger partial charge in [0.1, 0.15) is 0 Å². The van der Waals surface area contributed by atoms with Crippen molar-refractivity contribution in [2.24, 2.45) is 0 Å². The number of pyridine rings is 1. The lowest BCUT2D eigenvalue weighted by Crippen LogP contribution is -2.57. The molecule has 0 spiro atoms. The molecule has 0 saturated carbocycles. The topological polar surface area (TPSA) is 62.3 Å². The van der Waals surface area contributed by atoms with E-state index in [4.69, 9.17) is 0 Å². The predicted molar refractivity (Wildman–Crippen MR) is 80.6 cm³/mol. The molecule has 7 heteroatoms. The highest BCUT2D eigenvalue weighted by Crippen LogP contribution is 2.25. The number of halogens is 1. The Morgan fingerprint density at radius 3 is 2.65 bits per heavy atom. The number of benzene rings is 1. The van der Waals surface area contributed by atoms with Crippen molar-refractivity contribution in [3.8, 4) is 0 Å². The summed E-state index contributed by atoms with van der Waals surface area (Å²) in [6, 6.07) is 8.78. The molecule has 1 aliphatic heterocycles.